The number of imidazole rings is 1. The highest BCUT2D eigenvalue weighted by Gasteiger charge is 2.41. The molecule has 0 bridgehead atoms. The number of fused-ring (bicyclic) bond motifs is 1. The minimum absolute atomic E-state index is 0.406. The first-order valence-corrected chi connectivity index (χ1v) is 7.97. The van der Waals surface area contributed by atoms with E-state index in [0.29, 0.717) is 17.8 Å². The molecule has 4 rings (SSSR count). The van der Waals surface area contributed by atoms with Gasteiger partial charge in [0.1, 0.15) is 5.82 Å². The molecule has 0 radical (unpaired) electrons. The highest BCUT2D eigenvalue weighted by Crippen LogP contribution is 2.53. The van der Waals surface area contributed by atoms with Crippen LogP contribution in [-0.2, 0) is 5.88 Å². The molecule has 106 valence electrons. The Labute approximate surface area is 133 Å². The van der Waals surface area contributed by atoms with Gasteiger partial charge in [0.25, 0.3) is 0 Å². The van der Waals surface area contributed by atoms with Crippen molar-refractivity contribution in [2.45, 2.75) is 24.3 Å². The number of para-hydroxylation sites is 1. The zero-order valence-electron chi connectivity index (χ0n) is 11.3. The third-order valence-corrected chi connectivity index (χ3v) is 4.71. The van der Waals surface area contributed by atoms with Gasteiger partial charge in [0.15, 0.2) is 0 Å². The molecule has 1 saturated carbocycles. The monoisotopic (exact) mass is 316 g/mol. The van der Waals surface area contributed by atoms with Crippen LogP contribution in [0.3, 0.4) is 0 Å². The normalized spacial score (nSPS) is 20.9. The summed E-state index contributed by atoms with van der Waals surface area (Å²) in [5.74, 6) is 1.84. The molecule has 3 aromatic rings. The van der Waals surface area contributed by atoms with E-state index >= 15 is 0 Å². The Morgan fingerprint density at radius 2 is 1.90 bits per heavy atom. The Hall–Kier alpha value is -1.51. The van der Waals surface area contributed by atoms with E-state index in [1.165, 1.54) is 5.56 Å². The molecule has 1 aliphatic rings. The molecular formula is C17H14Cl2N2. The van der Waals surface area contributed by atoms with Gasteiger partial charge in [-0.1, -0.05) is 48.0 Å². The van der Waals surface area contributed by atoms with E-state index in [1.54, 1.807) is 0 Å². The van der Waals surface area contributed by atoms with Crippen LogP contribution in [0.25, 0.3) is 11.0 Å². The maximum Gasteiger partial charge on any atom is 0.125 e. The van der Waals surface area contributed by atoms with Crippen LogP contribution in [0.2, 0.25) is 5.02 Å². The highest BCUT2D eigenvalue weighted by molar-refractivity contribution is 6.35. The number of hydrogen-bond acceptors (Lipinski definition) is 1. The Balaban J connectivity index is 1.81. The number of halogens is 2. The van der Waals surface area contributed by atoms with Crippen LogP contribution in [0, 0.1) is 0 Å². The second-order valence-corrected chi connectivity index (χ2v) is 6.13. The SMILES string of the molecule is ClCc1nc2cccc(Cl)c2n1C1CC1c1ccccc1. The van der Waals surface area contributed by atoms with E-state index in [-0.39, 0.29) is 0 Å². The van der Waals surface area contributed by atoms with E-state index in [0.717, 1.165) is 28.3 Å². The number of aromatic nitrogens is 2. The van der Waals surface area contributed by atoms with E-state index in [2.05, 4.69) is 39.9 Å². The standard InChI is InChI=1S/C17H14Cl2N2/c18-10-16-20-14-8-4-7-13(19)17(14)21(16)15-9-12(15)11-5-2-1-3-6-11/h1-8,12,15H,9-10H2. The summed E-state index contributed by atoms with van der Waals surface area (Å²) in [6.45, 7) is 0. The molecule has 0 spiro atoms. The lowest BCUT2D eigenvalue weighted by molar-refractivity contribution is 0.706. The molecule has 1 heterocycles. The van der Waals surface area contributed by atoms with Gasteiger partial charge in [-0.2, -0.15) is 0 Å². The first-order chi connectivity index (χ1) is 10.3. The fourth-order valence-corrected chi connectivity index (χ4v) is 3.58. The van der Waals surface area contributed by atoms with Gasteiger partial charge in [0, 0.05) is 12.0 Å². The van der Waals surface area contributed by atoms with Gasteiger partial charge in [-0.3, -0.25) is 0 Å². The topological polar surface area (TPSA) is 17.8 Å². The summed E-state index contributed by atoms with van der Waals surface area (Å²) in [7, 11) is 0. The Morgan fingerprint density at radius 3 is 2.67 bits per heavy atom. The molecule has 0 saturated heterocycles. The van der Waals surface area contributed by atoms with Crippen LogP contribution in [0.4, 0.5) is 0 Å². The van der Waals surface area contributed by atoms with Crippen LogP contribution in [0.1, 0.15) is 29.8 Å². The second kappa shape index (κ2) is 5.04. The van der Waals surface area contributed by atoms with Gasteiger partial charge in [0.2, 0.25) is 0 Å². The van der Waals surface area contributed by atoms with Crippen molar-refractivity contribution in [3.05, 3.63) is 64.9 Å². The smallest absolute Gasteiger partial charge is 0.125 e. The van der Waals surface area contributed by atoms with Crippen molar-refractivity contribution in [2.75, 3.05) is 0 Å². The van der Waals surface area contributed by atoms with E-state index in [9.17, 15) is 0 Å². The lowest BCUT2D eigenvalue weighted by Crippen LogP contribution is -2.01. The predicted molar refractivity (Wildman–Crippen MR) is 87.1 cm³/mol. The quantitative estimate of drug-likeness (QED) is 0.610. The molecule has 2 aromatic carbocycles. The van der Waals surface area contributed by atoms with Crippen molar-refractivity contribution in [2.24, 2.45) is 0 Å². The van der Waals surface area contributed by atoms with Crippen LogP contribution in [-0.4, -0.2) is 9.55 Å². The number of benzene rings is 2. The molecule has 1 aromatic heterocycles. The minimum Gasteiger partial charge on any atom is -0.322 e. The van der Waals surface area contributed by atoms with Gasteiger partial charge in [-0.05, 0) is 24.1 Å². The third kappa shape index (κ3) is 2.14. The zero-order valence-corrected chi connectivity index (χ0v) is 12.8. The van der Waals surface area contributed by atoms with Gasteiger partial charge in [0.05, 0.1) is 21.9 Å². The van der Waals surface area contributed by atoms with Crippen molar-refractivity contribution < 1.29 is 0 Å². The second-order valence-electron chi connectivity index (χ2n) is 5.46. The summed E-state index contributed by atoms with van der Waals surface area (Å²) in [6.07, 6.45) is 1.12. The van der Waals surface area contributed by atoms with Crippen LogP contribution < -0.4 is 0 Å². The summed E-state index contributed by atoms with van der Waals surface area (Å²) in [6, 6.07) is 16.9. The summed E-state index contributed by atoms with van der Waals surface area (Å²) < 4.78 is 2.24. The molecule has 21 heavy (non-hydrogen) atoms. The average molecular weight is 317 g/mol. The number of rotatable bonds is 3. The van der Waals surface area contributed by atoms with Crippen molar-refractivity contribution in [1.29, 1.82) is 0 Å². The average Bonchev–Trinajstić information content (AvgIpc) is 3.21. The molecule has 0 N–H and O–H groups in total. The molecule has 2 nitrogen and oxygen atoms in total. The van der Waals surface area contributed by atoms with Crippen LogP contribution >= 0.6 is 23.2 Å². The zero-order chi connectivity index (χ0) is 14.4. The molecule has 0 amide bonds. The van der Waals surface area contributed by atoms with Gasteiger partial charge < -0.3 is 4.57 Å². The van der Waals surface area contributed by atoms with E-state index in [1.807, 2.05) is 18.2 Å². The Kier molecular flexibility index (Phi) is 3.16. The van der Waals surface area contributed by atoms with E-state index < -0.39 is 0 Å². The van der Waals surface area contributed by atoms with Crippen molar-refractivity contribution in [3.8, 4) is 0 Å². The first kappa shape index (κ1) is 13.2. The molecule has 2 atom stereocenters. The number of alkyl halides is 1. The van der Waals surface area contributed by atoms with Gasteiger partial charge in [-0.25, -0.2) is 4.98 Å². The maximum absolute atomic E-state index is 6.39. The summed E-state index contributed by atoms with van der Waals surface area (Å²) in [4.78, 5) is 4.63. The van der Waals surface area contributed by atoms with Crippen molar-refractivity contribution >= 4 is 34.2 Å². The first-order valence-electron chi connectivity index (χ1n) is 7.06. The predicted octanol–water partition coefficient (Wildman–Crippen LogP) is 5.16. The van der Waals surface area contributed by atoms with Gasteiger partial charge >= 0.3 is 0 Å². The summed E-state index contributed by atoms with van der Waals surface area (Å²) >= 11 is 12.5. The van der Waals surface area contributed by atoms with Crippen molar-refractivity contribution in [1.82, 2.24) is 9.55 Å². The third-order valence-electron chi connectivity index (χ3n) is 4.17. The number of hydrogen-bond donors (Lipinski definition) is 0. The maximum atomic E-state index is 6.39. The summed E-state index contributed by atoms with van der Waals surface area (Å²) in [5, 5.41) is 0.745. The fourth-order valence-electron chi connectivity index (χ4n) is 3.13. The fraction of sp³-hybridized carbons (Fsp3) is 0.235. The Morgan fingerprint density at radius 1 is 1.10 bits per heavy atom. The van der Waals surface area contributed by atoms with Crippen molar-refractivity contribution in [3.63, 3.8) is 0 Å². The highest BCUT2D eigenvalue weighted by atomic mass is 35.5. The molecule has 1 fully saturated rings. The lowest BCUT2D eigenvalue weighted by Gasteiger charge is -2.08. The van der Waals surface area contributed by atoms with Crippen LogP contribution in [0.5, 0.6) is 0 Å². The van der Waals surface area contributed by atoms with Crippen LogP contribution in [0.15, 0.2) is 48.5 Å². The molecule has 1 aliphatic carbocycles. The molecule has 0 aliphatic heterocycles. The molecule has 2 unspecified atom stereocenters. The lowest BCUT2D eigenvalue weighted by atomic mass is 10.1. The Bertz CT molecular complexity index is 795. The van der Waals surface area contributed by atoms with Gasteiger partial charge in [-0.15, -0.1) is 11.6 Å². The summed E-state index contributed by atoms with van der Waals surface area (Å²) in [5.41, 5.74) is 3.31. The molecular weight excluding hydrogens is 303 g/mol. The molecule has 4 heteroatoms. The van der Waals surface area contributed by atoms with E-state index in [4.69, 9.17) is 23.2 Å². The minimum atomic E-state index is 0.406. The number of nitrogens with zero attached hydrogens (tertiary/aromatic N) is 2. The largest absolute Gasteiger partial charge is 0.322 e.